The first-order chi connectivity index (χ1) is 15.0. The third-order valence-electron chi connectivity index (χ3n) is 5.41. The number of thiazole rings is 1. The molecule has 0 radical (unpaired) electrons. The van der Waals surface area contributed by atoms with E-state index in [1.54, 1.807) is 11.3 Å². The van der Waals surface area contributed by atoms with Crippen LogP contribution >= 0.6 is 11.3 Å². The van der Waals surface area contributed by atoms with Crippen LogP contribution in [-0.2, 0) is 4.79 Å². The molecule has 1 aromatic heterocycles. The summed E-state index contributed by atoms with van der Waals surface area (Å²) >= 11 is 1.62. The van der Waals surface area contributed by atoms with E-state index in [9.17, 15) is 4.79 Å². The van der Waals surface area contributed by atoms with Gasteiger partial charge in [-0.05, 0) is 63.4 Å². The third kappa shape index (κ3) is 4.90. The summed E-state index contributed by atoms with van der Waals surface area (Å²) in [6.07, 6.45) is 1.95. The van der Waals surface area contributed by atoms with Crippen molar-refractivity contribution in [1.29, 1.82) is 0 Å². The van der Waals surface area contributed by atoms with Crippen LogP contribution in [0.15, 0.2) is 47.8 Å². The number of amides is 1. The first-order valence-corrected chi connectivity index (χ1v) is 11.7. The van der Waals surface area contributed by atoms with Gasteiger partial charge in [-0.15, -0.1) is 11.3 Å². The van der Waals surface area contributed by atoms with Crippen LogP contribution in [0.1, 0.15) is 36.8 Å². The van der Waals surface area contributed by atoms with Gasteiger partial charge in [0.2, 0.25) is 0 Å². The summed E-state index contributed by atoms with van der Waals surface area (Å²) in [6.45, 7) is 7.31. The number of rotatable bonds is 8. The largest absolute Gasteiger partial charge is 0.494 e. The molecule has 0 N–H and O–H groups in total. The monoisotopic (exact) mass is 436 g/mol. The second-order valence-corrected chi connectivity index (χ2v) is 8.87. The van der Waals surface area contributed by atoms with Crippen molar-refractivity contribution in [3.05, 3.63) is 58.4 Å². The fourth-order valence-corrected chi connectivity index (χ4v) is 4.29. The molecule has 2 heterocycles. The summed E-state index contributed by atoms with van der Waals surface area (Å²) in [7, 11) is 0. The molecule has 1 atom stereocenters. The number of unbranched alkanes of at least 4 members (excludes halogenated alkanes) is 1. The molecule has 1 aliphatic rings. The van der Waals surface area contributed by atoms with Crippen LogP contribution < -0.4 is 14.4 Å². The molecule has 162 valence electrons. The molecule has 31 heavy (non-hydrogen) atoms. The maximum Gasteiger partial charge on any atom is 0.268 e. The van der Waals surface area contributed by atoms with E-state index in [1.165, 1.54) is 5.56 Å². The Kier molecular flexibility index (Phi) is 6.56. The summed E-state index contributed by atoms with van der Waals surface area (Å²) in [5.41, 5.74) is 3.98. The predicted molar refractivity (Wildman–Crippen MR) is 125 cm³/mol. The molecule has 0 saturated heterocycles. The molecular formula is C25H28N2O3S. The zero-order valence-corrected chi connectivity index (χ0v) is 19.1. The van der Waals surface area contributed by atoms with Gasteiger partial charge in [-0.2, -0.15) is 0 Å². The molecular weight excluding hydrogens is 408 g/mol. The van der Waals surface area contributed by atoms with Gasteiger partial charge in [0.1, 0.15) is 11.5 Å². The zero-order chi connectivity index (χ0) is 21.8. The molecule has 1 aliphatic heterocycles. The Hall–Kier alpha value is -2.86. The van der Waals surface area contributed by atoms with E-state index in [4.69, 9.17) is 9.47 Å². The molecule has 1 amide bonds. The number of aromatic nitrogens is 1. The second kappa shape index (κ2) is 9.52. The average Bonchev–Trinajstić information content (AvgIpc) is 3.21. The van der Waals surface area contributed by atoms with Gasteiger partial charge < -0.3 is 14.4 Å². The third-order valence-corrected chi connectivity index (χ3v) is 6.19. The summed E-state index contributed by atoms with van der Waals surface area (Å²) in [4.78, 5) is 19.5. The quantitative estimate of drug-likeness (QED) is 0.419. The Morgan fingerprint density at radius 1 is 1.13 bits per heavy atom. The molecule has 1 unspecified atom stereocenters. The van der Waals surface area contributed by atoms with Crippen molar-refractivity contribution in [2.45, 2.75) is 46.1 Å². The average molecular weight is 437 g/mol. The molecule has 0 fully saturated rings. The maximum atomic E-state index is 13.0. The molecule has 0 aliphatic carbocycles. The molecule has 4 rings (SSSR count). The van der Waals surface area contributed by atoms with Crippen molar-refractivity contribution in [3.63, 3.8) is 0 Å². The Bertz CT molecular complexity index is 1050. The van der Waals surface area contributed by atoms with Gasteiger partial charge in [0.05, 0.1) is 23.0 Å². The standard InChI is InChI=1S/C25H28N2O3S/c1-4-23-25(28)27(13-5-6-14-29-20-10-7-17(2)8-11-20)22-15-19(9-12-24(22)30-23)21-16-31-18(3)26-21/h7-12,15-16,23H,4-6,13-14H2,1-3H3. The lowest BCUT2D eigenvalue weighted by molar-refractivity contribution is -0.126. The fourth-order valence-electron chi connectivity index (χ4n) is 3.66. The topological polar surface area (TPSA) is 51.7 Å². The van der Waals surface area contributed by atoms with E-state index in [0.717, 1.165) is 46.3 Å². The highest BCUT2D eigenvalue weighted by Gasteiger charge is 2.33. The van der Waals surface area contributed by atoms with Gasteiger partial charge in [0.15, 0.2) is 6.10 Å². The number of carbonyl (C=O) groups excluding carboxylic acids is 1. The number of benzene rings is 2. The van der Waals surface area contributed by atoms with Gasteiger partial charge in [0.25, 0.3) is 5.91 Å². The molecule has 0 saturated carbocycles. The van der Waals surface area contributed by atoms with Crippen LogP contribution in [0.4, 0.5) is 5.69 Å². The van der Waals surface area contributed by atoms with Crippen LogP contribution in [0, 0.1) is 13.8 Å². The Labute approximate surface area is 187 Å². The minimum atomic E-state index is -0.427. The number of carbonyl (C=O) groups is 1. The number of hydrogen-bond donors (Lipinski definition) is 0. The zero-order valence-electron chi connectivity index (χ0n) is 18.3. The number of fused-ring (bicyclic) bond motifs is 1. The van der Waals surface area contributed by atoms with Gasteiger partial charge >= 0.3 is 0 Å². The molecule has 5 nitrogen and oxygen atoms in total. The maximum absolute atomic E-state index is 13.0. The summed E-state index contributed by atoms with van der Waals surface area (Å²) in [6, 6.07) is 14.1. The number of aryl methyl sites for hydroxylation is 2. The van der Waals surface area contributed by atoms with Crippen LogP contribution in [0.25, 0.3) is 11.3 Å². The first kappa shape index (κ1) is 21.4. The van der Waals surface area contributed by atoms with Crippen LogP contribution in [0.5, 0.6) is 11.5 Å². The van der Waals surface area contributed by atoms with E-state index >= 15 is 0 Å². The van der Waals surface area contributed by atoms with Crippen molar-refractivity contribution < 1.29 is 14.3 Å². The lowest BCUT2D eigenvalue weighted by atomic mass is 10.1. The Balaban J connectivity index is 1.44. The van der Waals surface area contributed by atoms with Gasteiger partial charge in [-0.25, -0.2) is 4.98 Å². The number of nitrogens with zero attached hydrogens (tertiary/aromatic N) is 2. The normalized spacial score (nSPS) is 15.5. The highest BCUT2D eigenvalue weighted by Crippen LogP contribution is 2.38. The first-order valence-electron chi connectivity index (χ1n) is 10.8. The van der Waals surface area contributed by atoms with E-state index < -0.39 is 6.10 Å². The smallest absolute Gasteiger partial charge is 0.268 e. The van der Waals surface area contributed by atoms with Gasteiger partial charge in [-0.3, -0.25) is 4.79 Å². The molecule has 0 spiro atoms. The lowest BCUT2D eigenvalue weighted by Gasteiger charge is -2.34. The minimum absolute atomic E-state index is 0.0288. The number of anilines is 1. The second-order valence-electron chi connectivity index (χ2n) is 7.81. The SMILES string of the molecule is CCC1Oc2ccc(-c3csc(C)n3)cc2N(CCCCOc2ccc(C)cc2)C1=O. The van der Waals surface area contributed by atoms with Crippen molar-refractivity contribution in [2.24, 2.45) is 0 Å². The molecule has 2 aromatic carbocycles. The van der Waals surface area contributed by atoms with Crippen molar-refractivity contribution in [3.8, 4) is 22.8 Å². The van der Waals surface area contributed by atoms with E-state index in [-0.39, 0.29) is 5.91 Å². The highest BCUT2D eigenvalue weighted by atomic mass is 32.1. The molecule has 3 aromatic rings. The minimum Gasteiger partial charge on any atom is -0.494 e. The van der Waals surface area contributed by atoms with Crippen LogP contribution in [0.3, 0.4) is 0 Å². The van der Waals surface area contributed by atoms with Crippen LogP contribution in [-0.4, -0.2) is 30.1 Å². The molecule has 0 bridgehead atoms. The van der Waals surface area contributed by atoms with E-state index in [0.29, 0.717) is 19.6 Å². The van der Waals surface area contributed by atoms with Crippen molar-refractivity contribution in [1.82, 2.24) is 4.98 Å². The summed E-state index contributed by atoms with van der Waals surface area (Å²) in [5.74, 6) is 1.67. The number of hydrogen-bond acceptors (Lipinski definition) is 5. The highest BCUT2D eigenvalue weighted by molar-refractivity contribution is 7.09. The molecule has 6 heteroatoms. The van der Waals surface area contributed by atoms with Crippen molar-refractivity contribution >= 4 is 22.9 Å². The van der Waals surface area contributed by atoms with Crippen molar-refractivity contribution in [2.75, 3.05) is 18.1 Å². The van der Waals surface area contributed by atoms with E-state index in [2.05, 4.69) is 11.9 Å². The Morgan fingerprint density at radius 2 is 1.94 bits per heavy atom. The predicted octanol–water partition coefficient (Wildman–Crippen LogP) is 5.79. The van der Waals surface area contributed by atoms with Crippen LogP contribution in [0.2, 0.25) is 0 Å². The fraction of sp³-hybridized carbons (Fsp3) is 0.360. The van der Waals surface area contributed by atoms with Gasteiger partial charge in [-0.1, -0.05) is 24.6 Å². The Morgan fingerprint density at radius 3 is 2.65 bits per heavy atom. The summed E-state index contributed by atoms with van der Waals surface area (Å²) in [5, 5.41) is 3.07. The van der Waals surface area contributed by atoms with E-state index in [1.807, 2.05) is 66.6 Å². The van der Waals surface area contributed by atoms with Gasteiger partial charge in [0, 0.05) is 17.5 Å². The summed E-state index contributed by atoms with van der Waals surface area (Å²) < 4.78 is 11.8. The lowest BCUT2D eigenvalue weighted by Crippen LogP contribution is -2.46. The number of ether oxygens (including phenoxy) is 2.